The van der Waals surface area contributed by atoms with Gasteiger partial charge in [0.05, 0.1) is 16.0 Å². The highest BCUT2D eigenvalue weighted by atomic mass is 32.2. The molecule has 0 saturated heterocycles. The Morgan fingerprint density at radius 2 is 1.31 bits per heavy atom. The molecule has 4 nitrogen and oxygen atoms in total. The molecule has 12 heteroatoms. The second-order valence-electron chi connectivity index (χ2n) is 8.51. The van der Waals surface area contributed by atoms with Crippen LogP contribution in [0.4, 0.5) is 30.7 Å². The fourth-order valence-corrected chi connectivity index (χ4v) is 5.40. The van der Waals surface area contributed by atoms with Crippen molar-refractivity contribution in [3.05, 3.63) is 119 Å². The number of halogens is 7. The molecule has 0 N–H and O–H groups in total. The summed E-state index contributed by atoms with van der Waals surface area (Å²) in [5, 5.41) is 0. The SMILES string of the molecule is O=S(=O)(c1cc(C(F)(F)F)cc(C(F)(F)F)c1)N(Cc1ccccc1)Cc1cnccc1-c1ccccc1F. The zero-order valence-corrected chi connectivity index (χ0v) is 20.7. The highest BCUT2D eigenvalue weighted by Crippen LogP contribution is 2.38. The summed E-state index contributed by atoms with van der Waals surface area (Å²) < 4.78 is 124. The Kier molecular flexibility index (Phi) is 7.80. The average Bonchev–Trinajstić information content (AvgIpc) is 2.88. The lowest BCUT2D eigenvalue weighted by molar-refractivity contribution is -0.143. The molecule has 3 aromatic carbocycles. The smallest absolute Gasteiger partial charge is 0.264 e. The van der Waals surface area contributed by atoms with Crippen LogP contribution in [0, 0.1) is 5.82 Å². The highest BCUT2D eigenvalue weighted by Gasteiger charge is 2.39. The first-order valence-electron chi connectivity index (χ1n) is 11.3. The number of benzene rings is 3. The molecule has 0 amide bonds. The molecule has 1 heterocycles. The Labute approximate surface area is 219 Å². The average molecular weight is 569 g/mol. The van der Waals surface area contributed by atoms with Gasteiger partial charge in [0.2, 0.25) is 10.0 Å². The van der Waals surface area contributed by atoms with E-state index >= 15 is 0 Å². The van der Waals surface area contributed by atoms with Crippen LogP contribution < -0.4 is 0 Å². The van der Waals surface area contributed by atoms with E-state index in [1.807, 2.05) is 0 Å². The van der Waals surface area contributed by atoms with Crippen molar-refractivity contribution in [1.29, 1.82) is 0 Å². The summed E-state index contributed by atoms with van der Waals surface area (Å²) in [6, 6.07) is 15.3. The molecule has 0 bridgehead atoms. The van der Waals surface area contributed by atoms with Crippen LogP contribution in [0.25, 0.3) is 11.1 Å². The molecule has 0 aliphatic heterocycles. The third-order valence-corrected chi connectivity index (χ3v) is 7.58. The largest absolute Gasteiger partial charge is 0.416 e. The molecular weight excluding hydrogens is 549 g/mol. The first-order valence-corrected chi connectivity index (χ1v) is 12.7. The predicted octanol–water partition coefficient (Wildman–Crippen LogP) is 7.32. The summed E-state index contributed by atoms with van der Waals surface area (Å²) >= 11 is 0. The van der Waals surface area contributed by atoms with Crippen molar-refractivity contribution < 1.29 is 39.2 Å². The number of pyridine rings is 1. The lowest BCUT2D eigenvalue weighted by Crippen LogP contribution is -2.31. The molecule has 4 aromatic rings. The lowest BCUT2D eigenvalue weighted by Gasteiger charge is -2.25. The zero-order valence-electron chi connectivity index (χ0n) is 19.8. The minimum Gasteiger partial charge on any atom is -0.264 e. The minimum atomic E-state index is -5.24. The molecule has 0 spiro atoms. The van der Waals surface area contributed by atoms with Gasteiger partial charge < -0.3 is 0 Å². The maximum atomic E-state index is 14.6. The van der Waals surface area contributed by atoms with E-state index < -0.39 is 57.3 Å². The first kappa shape index (κ1) is 28.2. The molecule has 4 rings (SSSR count). The summed E-state index contributed by atoms with van der Waals surface area (Å²) in [6.45, 7) is -0.918. The number of rotatable bonds is 7. The number of hydrogen-bond acceptors (Lipinski definition) is 3. The molecule has 0 radical (unpaired) electrons. The normalized spacial score (nSPS) is 12.6. The summed E-state index contributed by atoms with van der Waals surface area (Å²) in [7, 11) is -4.96. The van der Waals surface area contributed by atoms with Gasteiger partial charge in [-0.2, -0.15) is 30.6 Å². The van der Waals surface area contributed by atoms with Gasteiger partial charge in [-0.25, -0.2) is 12.8 Å². The van der Waals surface area contributed by atoms with Crippen LogP contribution >= 0.6 is 0 Å². The van der Waals surface area contributed by atoms with Crippen LogP contribution in [0.2, 0.25) is 0 Å². The van der Waals surface area contributed by atoms with Crippen molar-refractivity contribution in [1.82, 2.24) is 9.29 Å². The monoisotopic (exact) mass is 568 g/mol. The van der Waals surface area contributed by atoms with Gasteiger partial charge in [-0.15, -0.1) is 0 Å². The number of alkyl halides is 6. The summed E-state index contributed by atoms with van der Waals surface area (Å²) in [6.07, 6.45) is -7.86. The van der Waals surface area contributed by atoms with Gasteiger partial charge in [0.25, 0.3) is 0 Å². The Bertz CT molecular complexity index is 1540. The van der Waals surface area contributed by atoms with Crippen LogP contribution in [0.1, 0.15) is 22.3 Å². The van der Waals surface area contributed by atoms with E-state index in [1.165, 1.54) is 36.7 Å². The van der Waals surface area contributed by atoms with Gasteiger partial charge in [-0.3, -0.25) is 4.98 Å². The maximum Gasteiger partial charge on any atom is 0.416 e. The fourth-order valence-electron chi connectivity index (χ4n) is 3.92. The standard InChI is InChI=1S/C27H19F7N2O2S/c28-25-9-5-4-8-24(25)23-10-11-35-15-19(23)17-36(16-18-6-2-1-3-7-18)39(37,38)22-13-20(26(29,30)31)12-21(14-22)27(32,33)34/h1-15H,16-17H2. The third kappa shape index (κ3) is 6.45. The van der Waals surface area contributed by atoms with E-state index in [-0.39, 0.29) is 34.9 Å². The molecule has 0 unspecified atom stereocenters. The molecule has 39 heavy (non-hydrogen) atoms. The van der Waals surface area contributed by atoms with Gasteiger partial charge in [0.1, 0.15) is 5.82 Å². The van der Waals surface area contributed by atoms with Gasteiger partial charge in [0, 0.05) is 31.0 Å². The van der Waals surface area contributed by atoms with E-state index in [0.717, 1.165) is 4.31 Å². The van der Waals surface area contributed by atoms with Gasteiger partial charge in [-0.1, -0.05) is 48.5 Å². The summed E-state index contributed by atoms with van der Waals surface area (Å²) in [4.78, 5) is 2.78. The molecule has 0 saturated carbocycles. The van der Waals surface area contributed by atoms with E-state index in [9.17, 15) is 39.2 Å². The molecule has 0 fully saturated rings. The number of hydrogen-bond donors (Lipinski definition) is 0. The van der Waals surface area contributed by atoms with Gasteiger partial charge >= 0.3 is 12.4 Å². The van der Waals surface area contributed by atoms with Crippen LogP contribution in [0.15, 0.2) is 96.2 Å². The third-order valence-electron chi connectivity index (χ3n) is 5.82. The molecule has 204 valence electrons. The summed E-state index contributed by atoms with van der Waals surface area (Å²) in [5.74, 6) is -0.616. The van der Waals surface area contributed by atoms with Gasteiger partial charge in [0.15, 0.2) is 0 Å². The number of nitrogens with zero attached hydrogens (tertiary/aromatic N) is 2. The Morgan fingerprint density at radius 3 is 1.90 bits per heavy atom. The second kappa shape index (κ2) is 10.8. The topological polar surface area (TPSA) is 50.3 Å². The van der Waals surface area contributed by atoms with Crippen LogP contribution in [0.5, 0.6) is 0 Å². The van der Waals surface area contributed by atoms with Crippen molar-refractivity contribution in [3.8, 4) is 11.1 Å². The second-order valence-corrected chi connectivity index (χ2v) is 10.5. The molecule has 0 aliphatic carbocycles. The predicted molar refractivity (Wildman–Crippen MR) is 129 cm³/mol. The van der Waals surface area contributed by atoms with E-state index in [4.69, 9.17) is 0 Å². The lowest BCUT2D eigenvalue weighted by atomic mass is 10.0. The van der Waals surface area contributed by atoms with Crippen molar-refractivity contribution in [2.75, 3.05) is 0 Å². The molecule has 1 aromatic heterocycles. The first-order chi connectivity index (χ1) is 18.3. The van der Waals surface area contributed by atoms with Crippen molar-refractivity contribution in [2.24, 2.45) is 0 Å². The van der Waals surface area contributed by atoms with Gasteiger partial charge in [-0.05, 0) is 47.0 Å². The van der Waals surface area contributed by atoms with Crippen LogP contribution in [0.3, 0.4) is 0 Å². The van der Waals surface area contributed by atoms with Crippen LogP contribution in [-0.4, -0.2) is 17.7 Å². The molecule has 0 atom stereocenters. The number of aromatic nitrogens is 1. The van der Waals surface area contributed by atoms with E-state index in [0.29, 0.717) is 5.56 Å². The highest BCUT2D eigenvalue weighted by molar-refractivity contribution is 7.89. The van der Waals surface area contributed by atoms with Crippen LogP contribution in [-0.2, 0) is 35.5 Å². The number of sulfonamides is 1. The Balaban J connectivity index is 1.87. The fraction of sp³-hybridized carbons (Fsp3) is 0.148. The van der Waals surface area contributed by atoms with E-state index in [1.54, 1.807) is 36.4 Å². The zero-order chi connectivity index (χ0) is 28.4. The Hall–Kier alpha value is -3.77. The van der Waals surface area contributed by atoms with Crippen molar-refractivity contribution >= 4 is 10.0 Å². The minimum absolute atomic E-state index is 0.116. The van der Waals surface area contributed by atoms with Crippen molar-refractivity contribution in [2.45, 2.75) is 30.3 Å². The summed E-state index contributed by atoms with van der Waals surface area (Å²) in [5.41, 5.74) is -2.54. The molecular formula is C27H19F7N2O2S. The molecule has 0 aliphatic rings. The maximum absolute atomic E-state index is 14.6. The van der Waals surface area contributed by atoms with Crippen molar-refractivity contribution in [3.63, 3.8) is 0 Å². The van der Waals surface area contributed by atoms with E-state index in [2.05, 4.69) is 4.98 Å². The quantitative estimate of drug-likeness (QED) is 0.220. The Morgan fingerprint density at radius 1 is 0.718 bits per heavy atom.